The van der Waals surface area contributed by atoms with Crippen molar-refractivity contribution in [3.8, 4) is 0 Å². The van der Waals surface area contributed by atoms with Crippen molar-refractivity contribution >= 4 is 79.5 Å². The number of rotatable bonds is 5. The first-order valence-corrected chi connectivity index (χ1v) is 10.8. The summed E-state index contributed by atoms with van der Waals surface area (Å²) < 4.78 is 2.01. The van der Waals surface area contributed by atoms with Crippen molar-refractivity contribution in [2.75, 3.05) is 11.1 Å². The van der Waals surface area contributed by atoms with E-state index in [0.717, 1.165) is 27.5 Å². The lowest BCUT2D eigenvalue weighted by Gasteiger charge is -2.08. The molecule has 37 heavy (non-hydrogen) atoms. The van der Waals surface area contributed by atoms with Crippen LogP contribution in [0.3, 0.4) is 0 Å². The molecule has 0 aliphatic heterocycles. The number of aryl methyl sites for hydroxylation is 1. The summed E-state index contributed by atoms with van der Waals surface area (Å²) >= 11 is 0. The smallest absolute Gasteiger partial charge is 0.255 e. The number of nitrogens with one attached hydrogen (secondary N) is 1. The molecule has 0 spiro atoms. The maximum Gasteiger partial charge on any atom is 0.255 e. The van der Waals surface area contributed by atoms with E-state index in [1.165, 1.54) is 0 Å². The number of nitrogen functional groups attached to an aromatic ring is 1. The summed E-state index contributed by atoms with van der Waals surface area (Å²) in [6.07, 6.45) is 1.95. The summed E-state index contributed by atoms with van der Waals surface area (Å²) in [7, 11) is 1.97. The molecule has 0 bridgehead atoms. The Morgan fingerprint density at radius 1 is 0.865 bits per heavy atom. The second kappa shape index (κ2) is 12.8. The van der Waals surface area contributed by atoms with Crippen molar-refractivity contribution in [3.63, 3.8) is 0 Å². The molecule has 0 saturated heterocycles. The molecule has 7 N–H and O–H groups in total. The first-order chi connectivity index (χ1) is 16.8. The van der Waals surface area contributed by atoms with Gasteiger partial charge in [-0.05, 0) is 73.2 Å². The van der Waals surface area contributed by atoms with Crippen LogP contribution in [-0.2, 0) is 7.05 Å². The van der Waals surface area contributed by atoms with Crippen LogP contribution >= 0.6 is 34.0 Å². The fraction of sp³-hybridized carbons (Fsp3) is 0.0769. The fourth-order valence-electron chi connectivity index (χ4n) is 3.52. The molecule has 1 amide bonds. The van der Waals surface area contributed by atoms with E-state index < -0.39 is 0 Å². The number of guanidine groups is 1. The van der Waals surface area contributed by atoms with Crippen molar-refractivity contribution in [2.45, 2.75) is 6.92 Å². The molecular formula is C26H28Br2N8O. The van der Waals surface area contributed by atoms with Gasteiger partial charge in [-0.3, -0.25) is 4.79 Å². The van der Waals surface area contributed by atoms with Gasteiger partial charge in [-0.1, -0.05) is 12.1 Å². The molecule has 4 rings (SSSR count). The van der Waals surface area contributed by atoms with Crippen LogP contribution in [0.5, 0.6) is 0 Å². The summed E-state index contributed by atoms with van der Waals surface area (Å²) in [5.41, 5.74) is 21.6. The monoisotopic (exact) mass is 626 g/mol. The number of fused-ring (bicyclic) bond motifs is 1. The Hall–Kier alpha value is -3.96. The highest BCUT2D eigenvalue weighted by Crippen LogP contribution is 2.19. The average molecular weight is 628 g/mol. The lowest BCUT2D eigenvalue weighted by molar-refractivity contribution is 0.102. The third-order valence-electron chi connectivity index (χ3n) is 5.39. The molecule has 4 aromatic rings. The highest BCUT2D eigenvalue weighted by atomic mass is 79.9. The summed E-state index contributed by atoms with van der Waals surface area (Å²) in [6, 6.07) is 22.1. The van der Waals surface area contributed by atoms with Crippen LogP contribution in [0.4, 0.5) is 17.1 Å². The number of halogens is 2. The molecule has 9 nitrogen and oxygen atoms in total. The third kappa shape index (κ3) is 7.28. The highest BCUT2D eigenvalue weighted by molar-refractivity contribution is 8.93. The molecule has 0 unspecified atom stereocenters. The standard InChI is InChI=1S/C26H26N8O.2BrH/c1-16(32-33-26(28)29)17-3-5-18(6-4-17)25(35)31-21-10-8-20(9-11-21)30-23-13-14-34(2)24-15-19(27)7-12-22(23)24;;/h3-15H,27H2,1-2H3,(H,31,35)(H4,28,29,33);2*1H/b30-23?,32-16+;;. The van der Waals surface area contributed by atoms with Gasteiger partial charge >= 0.3 is 0 Å². The Morgan fingerprint density at radius 3 is 2.16 bits per heavy atom. The first kappa shape index (κ1) is 29.3. The van der Waals surface area contributed by atoms with Crippen LogP contribution in [0.25, 0.3) is 10.9 Å². The maximum absolute atomic E-state index is 12.7. The van der Waals surface area contributed by atoms with Crippen molar-refractivity contribution in [1.82, 2.24) is 4.57 Å². The third-order valence-corrected chi connectivity index (χ3v) is 5.39. The zero-order chi connectivity index (χ0) is 24.9. The Labute approximate surface area is 235 Å². The number of nitrogens with two attached hydrogens (primary N) is 3. The van der Waals surface area contributed by atoms with Gasteiger partial charge in [-0.15, -0.1) is 39.1 Å². The molecule has 11 heteroatoms. The molecule has 0 aliphatic carbocycles. The van der Waals surface area contributed by atoms with Gasteiger partial charge in [0.15, 0.2) is 0 Å². The van der Waals surface area contributed by atoms with E-state index in [-0.39, 0.29) is 45.8 Å². The van der Waals surface area contributed by atoms with Gasteiger partial charge in [-0.2, -0.15) is 5.10 Å². The fourth-order valence-corrected chi connectivity index (χ4v) is 3.52. The SMILES string of the molecule is Br.Br.C/C(=N\N=C(N)N)c1ccc(C(=O)Nc2ccc(N=c3ccn(C)c4cc(N)ccc34)cc2)cc1. The number of amides is 1. The van der Waals surface area contributed by atoms with E-state index in [1.807, 2.05) is 66.3 Å². The van der Waals surface area contributed by atoms with Crippen LogP contribution in [-0.4, -0.2) is 22.1 Å². The summed E-state index contributed by atoms with van der Waals surface area (Å²) in [5.74, 6) is -0.338. The van der Waals surface area contributed by atoms with Crippen molar-refractivity contribution in [1.29, 1.82) is 0 Å². The van der Waals surface area contributed by atoms with Gasteiger partial charge in [0.1, 0.15) is 0 Å². The lowest BCUT2D eigenvalue weighted by atomic mass is 10.1. The van der Waals surface area contributed by atoms with Crippen molar-refractivity contribution in [3.05, 3.63) is 95.5 Å². The largest absolute Gasteiger partial charge is 0.399 e. The number of carbonyl (C=O) groups is 1. The zero-order valence-electron chi connectivity index (χ0n) is 20.3. The summed E-state index contributed by atoms with van der Waals surface area (Å²) in [4.78, 5) is 17.4. The van der Waals surface area contributed by atoms with Crippen molar-refractivity contribution < 1.29 is 4.79 Å². The Kier molecular flexibility index (Phi) is 10.2. The first-order valence-electron chi connectivity index (χ1n) is 10.8. The molecule has 0 saturated carbocycles. The predicted molar refractivity (Wildman–Crippen MR) is 162 cm³/mol. The highest BCUT2D eigenvalue weighted by Gasteiger charge is 2.07. The van der Waals surface area contributed by atoms with Crippen LogP contribution in [0.1, 0.15) is 22.8 Å². The molecular weight excluding hydrogens is 600 g/mol. The minimum atomic E-state index is -0.223. The van der Waals surface area contributed by atoms with Crippen LogP contribution < -0.4 is 27.9 Å². The number of hydrogen-bond donors (Lipinski definition) is 4. The molecule has 3 aromatic carbocycles. The van der Waals surface area contributed by atoms with Crippen LogP contribution in [0.15, 0.2) is 94.2 Å². The van der Waals surface area contributed by atoms with Gasteiger partial charge in [0.05, 0.1) is 22.3 Å². The van der Waals surface area contributed by atoms with Gasteiger partial charge in [0.25, 0.3) is 5.91 Å². The summed E-state index contributed by atoms with van der Waals surface area (Å²) in [6.45, 7) is 1.78. The molecule has 0 aliphatic rings. The zero-order valence-corrected chi connectivity index (χ0v) is 23.7. The Morgan fingerprint density at radius 2 is 1.51 bits per heavy atom. The molecule has 0 fully saturated rings. The second-order valence-corrected chi connectivity index (χ2v) is 7.99. The maximum atomic E-state index is 12.7. The van der Waals surface area contributed by atoms with Gasteiger partial charge in [0, 0.05) is 35.6 Å². The van der Waals surface area contributed by atoms with E-state index in [2.05, 4.69) is 15.5 Å². The number of anilines is 2. The number of aromatic nitrogens is 1. The number of hydrogen-bond acceptors (Lipinski definition) is 5. The Bertz CT molecular complexity index is 1520. The van der Waals surface area contributed by atoms with Crippen LogP contribution in [0, 0.1) is 0 Å². The van der Waals surface area contributed by atoms with E-state index in [9.17, 15) is 4.79 Å². The van der Waals surface area contributed by atoms with E-state index >= 15 is 0 Å². The number of nitrogens with zero attached hydrogens (tertiary/aromatic N) is 4. The minimum absolute atomic E-state index is 0. The van der Waals surface area contributed by atoms with E-state index in [1.54, 1.807) is 31.2 Å². The molecule has 0 radical (unpaired) electrons. The second-order valence-electron chi connectivity index (χ2n) is 7.99. The predicted octanol–water partition coefficient (Wildman–Crippen LogP) is 4.40. The van der Waals surface area contributed by atoms with Gasteiger partial charge < -0.3 is 27.1 Å². The average Bonchev–Trinajstić information content (AvgIpc) is 2.85. The number of carbonyl (C=O) groups excluding carboxylic acids is 1. The quantitative estimate of drug-likeness (QED) is 0.112. The van der Waals surface area contributed by atoms with Crippen LogP contribution in [0.2, 0.25) is 0 Å². The number of benzene rings is 3. The van der Waals surface area contributed by atoms with E-state index in [4.69, 9.17) is 22.2 Å². The normalized spacial score (nSPS) is 11.3. The van der Waals surface area contributed by atoms with Gasteiger partial charge in [0.2, 0.25) is 5.96 Å². The Balaban J connectivity index is 0.00000241. The lowest BCUT2D eigenvalue weighted by Crippen LogP contribution is -2.22. The topological polar surface area (TPSA) is 149 Å². The molecule has 192 valence electrons. The summed E-state index contributed by atoms with van der Waals surface area (Å²) in [5, 5.41) is 12.3. The number of pyridine rings is 1. The molecule has 1 aromatic heterocycles. The van der Waals surface area contributed by atoms with Crippen molar-refractivity contribution in [2.24, 2.45) is 33.7 Å². The molecule has 0 atom stereocenters. The van der Waals surface area contributed by atoms with E-state index in [0.29, 0.717) is 22.6 Å². The minimum Gasteiger partial charge on any atom is -0.399 e. The van der Waals surface area contributed by atoms with Gasteiger partial charge in [-0.25, -0.2) is 4.99 Å². The molecule has 1 heterocycles.